The average molecular weight is 114 g/mol. The summed E-state index contributed by atoms with van der Waals surface area (Å²) in [5.41, 5.74) is 5.71. The first-order valence-electron chi connectivity index (χ1n) is 3.22. The highest BCUT2D eigenvalue weighted by molar-refractivity contribution is 4.90. The molecular formula is C6H14N2. The number of nitrogens with two attached hydrogens (primary N) is 1. The Morgan fingerprint density at radius 3 is 2.38 bits per heavy atom. The van der Waals surface area contributed by atoms with E-state index in [9.17, 15) is 0 Å². The van der Waals surface area contributed by atoms with Gasteiger partial charge in [-0.25, -0.2) is 0 Å². The molecule has 48 valence electrons. The lowest BCUT2D eigenvalue weighted by atomic mass is 9.79. The Balaban J connectivity index is 2.20. The van der Waals surface area contributed by atoms with E-state index in [2.05, 4.69) is 12.2 Å². The molecule has 0 atom stereocenters. The molecule has 1 aliphatic carbocycles. The maximum atomic E-state index is 5.31. The molecule has 1 aliphatic rings. The molecular weight excluding hydrogens is 100 g/mol. The van der Waals surface area contributed by atoms with Gasteiger partial charge in [0, 0.05) is 12.2 Å². The molecule has 0 aromatic heterocycles. The quantitative estimate of drug-likeness (QED) is 0.511. The second-order valence-electron chi connectivity index (χ2n) is 2.80. The topological polar surface area (TPSA) is 38.0 Å². The van der Waals surface area contributed by atoms with Gasteiger partial charge in [0.05, 0.1) is 0 Å². The summed E-state index contributed by atoms with van der Waals surface area (Å²) in [6, 6.07) is 0. The minimum absolute atomic E-state index is 0.398. The molecule has 8 heavy (non-hydrogen) atoms. The van der Waals surface area contributed by atoms with Crippen LogP contribution in [0.4, 0.5) is 0 Å². The van der Waals surface area contributed by atoms with Gasteiger partial charge in [-0.3, -0.25) is 5.32 Å². The van der Waals surface area contributed by atoms with Gasteiger partial charge in [0.25, 0.3) is 0 Å². The van der Waals surface area contributed by atoms with E-state index in [0.717, 1.165) is 0 Å². The van der Waals surface area contributed by atoms with Crippen LogP contribution >= 0.6 is 0 Å². The zero-order valence-corrected chi connectivity index (χ0v) is 5.41. The molecule has 0 amide bonds. The first-order valence-corrected chi connectivity index (χ1v) is 3.22. The molecule has 0 aromatic rings. The van der Waals surface area contributed by atoms with E-state index in [1.54, 1.807) is 0 Å². The van der Waals surface area contributed by atoms with E-state index >= 15 is 0 Å². The maximum Gasteiger partial charge on any atom is 0.0433 e. The molecule has 0 radical (unpaired) electrons. The summed E-state index contributed by atoms with van der Waals surface area (Å²) < 4.78 is 0. The van der Waals surface area contributed by atoms with Crippen molar-refractivity contribution in [2.24, 2.45) is 5.73 Å². The lowest BCUT2D eigenvalue weighted by Crippen LogP contribution is -2.50. The van der Waals surface area contributed by atoms with Crippen molar-refractivity contribution in [3.05, 3.63) is 0 Å². The first kappa shape index (κ1) is 6.05. The van der Waals surface area contributed by atoms with Crippen molar-refractivity contribution < 1.29 is 0 Å². The lowest BCUT2D eigenvalue weighted by Gasteiger charge is -2.38. The van der Waals surface area contributed by atoms with Crippen molar-refractivity contribution in [3.8, 4) is 0 Å². The summed E-state index contributed by atoms with van der Waals surface area (Å²) in [5, 5.41) is 3.24. The van der Waals surface area contributed by atoms with Gasteiger partial charge in [0.15, 0.2) is 0 Å². The Hall–Kier alpha value is -0.0800. The van der Waals surface area contributed by atoms with Crippen molar-refractivity contribution in [1.82, 2.24) is 5.32 Å². The molecule has 1 saturated carbocycles. The van der Waals surface area contributed by atoms with Gasteiger partial charge in [0.1, 0.15) is 0 Å². The van der Waals surface area contributed by atoms with Crippen molar-refractivity contribution >= 4 is 0 Å². The predicted octanol–water partition coefficient (Wildman–Crippen LogP) is 0.435. The van der Waals surface area contributed by atoms with Crippen LogP contribution in [-0.4, -0.2) is 12.2 Å². The van der Waals surface area contributed by atoms with Gasteiger partial charge >= 0.3 is 0 Å². The summed E-state index contributed by atoms with van der Waals surface area (Å²) >= 11 is 0. The lowest BCUT2D eigenvalue weighted by molar-refractivity contribution is 0.211. The monoisotopic (exact) mass is 114 g/mol. The maximum absolute atomic E-state index is 5.31. The van der Waals surface area contributed by atoms with Crippen LogP contribution in [0.2, 0.25) is 0 Å². The van der Waals surface area contributed by atoms with Crippen LogP contribution in [0.15, 0.2) is 0 Å². The van der Waals surface area contributed by atoms with E-state index in [-0.39, 0.29) is 0 Å². The van der Waals surface area contributed by atoms with E-state index in [0.29, 0.717) is 12.2 Å². The van der Waals surface area contributed by atoms with Crippen LogP contribution in [0.5, 0.6) is 0 Å². The Morgan fingerprint density at radius 2 is 2.25 bits per heavy atom. The number of nitrogens with one attached hydrogen (secondary N) is 1. The third-order valence-corrected chi connectivity index (χ3v) is 1.99. The van der Waals surface area contributed by atoms with E-state index in [1.807, 2.05) is 0 Å². The molecule has 1 fully saturated rings. The summed E-state index contributed by atoms with van der Waals surface area (Å²) in [6.07, 6.45) is 3.96. The van der Waals surface area contributed by atoms with Crippen LogP contribution in [0, 0.1) is 0 Å². The number of hydrogen-bond donors (Lipinski definition) is 2. The minimum Gasteiger partial charge on any atom is -0.318 e. The summed E-state index contributed by atoms with van der Waals surface area (Å²) in [5.74, 6) is 0. The fourth-order valence-corrected chi connectivity index (χ4v) is 1.13. The molecule has 0 unspecified atom stereocenters. The zero-order chi connectivity index (χ0) is 6.04. The SMILES string of the molecule is CC1(NCN)CCC1. The van der Waals surface area contributed by atoms with Crippen molar-refractivity contribution in [2.45, 2.75) is 31.7 Å². The molecule has 2 nitrogen and oxygen atoms in total. The third kappa shape index (κ3) is 1.01. The van der Waals surface area contributed by atoms with Crippen LogP contribution in [0.1, 0.15) is 26.2 Å². The highest BCUT2D eigenvalue weighted by Gasteiger charge is 2.29. The van der Waals surface area contributed by atoms with Crippen LogP contribution < -0.4 is 11.1 Å². The third-order valence-electron chi connectivity index (χ3n) is 1.99. The Bertz CT molecular complexity index is 76.6. The van der Waals surface area contributed by atoms with Crippen molar-refractivity contribution in [1.29, 1.82) is 0 Å². The first-order chi connectivity index (χ1) is 3.77. The summed E-state index contributed by atoms with van der Waals surface area (Å²) in [4.78, 5) is 0. The van der Waals surface area contributed by atoms with Gasteiger partial charge in [0.2, 0.25) is 0 Å². The van der Waals surface area contributed by atoms with Crippen LogP contribution in [0.25, 0.3) is 0 Å². The van der Waals surface area contributed by atoms with Crippen LogP contribution in [0.3, 0.4) is 0 Å². The van der Waals surface area contributed by atoms with E-state index in [1.165, 1.54) is 19.3 Å². The smallest absolute Gasteiger partial charge is 0.0433 e. The fourth-order valence-electron chi connectivity index (χ4n) is 1.13. The molecule has 0 saturated heterocycles. The summed E-state index contributed by atoms with van der Waals surface area (Å²) in [6.45, 7) is 2.85. The molecule has 0 heterocycles. The van der Waals surface area contributed by atoms with Gasteiger partial charge in [-0.15, -0.1) is 0 Å². The highest BCUT2D eigenvalue weighted by atomic mass is 15.0. The second kappa shape index (κ2) is 2.03. The summed E-state index contributed by atoms with van der Waals surface area (Å²) in [7, 11) is 0. The van der Waals surface area contributed by atoms with Crippen molar-refractivity contribution in [2.75, 3.05) is 6.67 Å². The van der Waals surface area contributed by atoms with E-state index < -0.39 is 0 Å². The van der Waals surface area contributed by atoms with Gasteiger partial charge in [-0.1, -0.05) is 0 Å². The molecule has 0 aliphatic heterocycles. The van der Waals surface area contributed by atoms with Gasteiger partial charge in [-0.2, -0.15) is 0 Å². The van der Waals surface area contributed by atoms with Gasteiger partial charge in [-0.05, 0) is 26.2 Å². The van der Waals surface area contributed by atoms with Crippen LogP contribution in [-0.2, 0) is 0 Å². The molecule has 3 N–H and O–H groups in total. The number of rotatable bonds is 2. The Kier molecular flexibility index (Phi) is 1.54. The standard InChI is InChI=1S/C6H14N2/c1-6(8-5-7)3-2-4-6/h8H,2-5,7H2,1H3. The van der Waals surface area contributed by atoms with E-state index in [4.69, 9.17) is 5.73 Å². The zero-order valence-electron chi connectivity index (χ0n) is 5.41. The minimum atomic E-state index is 0.398. The Morgan fingerprint density at radius 1 is 1.62 bits per heavy atom. The normalized spacial score (nSPS) is 24.8. The fraction of sp³-hybridized carbons (Fsp3) is 1.00. The predicted molar refractivity (Wildman–Crippen MR) is 34.4 cm³/mol. The average Bonchev–Trinajstić information content (AvgIpc) is 1.64. The van der Waals surface area contributed by atoms with Gasteiger partial charge < -0.3 is 5.73 Å². The molecule has 0 spiro atoms. The molecule has 2 heteroatoms. The molecule has 0 aromatic carbocycles. The number of hydrogen-bond acceptors (Lipinski definition) is 2. The molecule has 1 rings (SSSR count). The van der Waals surface area contributed by atoms with Crippen molar-refractivity contribution in [3.63, 3.8) is 0 Å². The second-order valence-corrected chi connectivity index (χ2v) is 2.80. The Labute approximate surface area is 50.4 Å². The molecule has 0 bridgehead atoms. The highest BCUT2D eigenvalue weighted by Crippen LogP contribution is 2.30. The largest absolute Gasteiger partial charge is 0.318 e.